The lowest BCUT2D eigenvalue weighted by atomic mass is 10.1. The van der Waals surface area contributed by atoms with Crippen LogP contribution in [0.5, 0.6) is 0 Å². The Morgan fingerprint density at radius 1 is 0.821 bits per heavy atom. The zero-order chi connectivity index (χ0) is 19.7. The van der Waals surface area contributed by atoms with Crippen molar-refractivity contribution in [1.82, 2.24) is 5.32 Å². The maximum absolute atomic E-state index is 12.9. The van der Waals surface area contributed by atoms with Crippen LogP contribution in [0.25, 0.3) is 0 Å². The molecule has 3 amide bonds. The second kappa shape index (κ2) is 7.08. The summed E-state index contributed by atoms with van der Waals surface area (Å²) in [7, 11) is 0. The Morgan fingerprint density at radius 2 is 1.39 bits per heavy atom. The number of carbonyl (C=O) groups excluding carboxylic acids is 3. The maximum Gasteiger partial charge on any atom is 0.266 e. The number of nitrogens with one attached hydrogen (secondary N) is 1. The van der Waals surface area contributed by atoms with Crippen molar-refractivity contribution in [3.63, 3.8) is 0 Å². The standard InChI is InChI=1S/C22H15FN2O3/c23-16-9-5-14(6-10-16)13-24-20(26)15-7-11-17(12-8-15)25-21(27)18-3-1-2-4-19(18)22(25)28/h1-12H,13H2,(H,24,26). The summed E-state index contributed by atoms with van der Waals surface area (Å²) in [4.78, 5) is 38.4. The van der Waals surface area contributed by atoms with Gasteiger partial charge in [-0.05, 0) is 54.1 Å². The fourth-order valence-corrected chi connectivity index (χ4v) is 3.07. The summed E-state index contributed by atoms with van der Waals surface area (Å²) < 4.78 is 12.9. The van der Waals surface area contributed by atoms with E-state index in [0.717, 1.165) is 10.5 Å². The number of amides is 3. The normalized spacial score (nSPS) is 12.8. The van der Waals surface area contributed by atoms with Gasteiger partial charge >= 0.3 is 0 Å². The minimum atomic E-state index is -0.380. The molecule has 0 atom stereocenters. The fourth-order valence-electron chi connectivity index (χ4n) is 3.07. The van der Waals surface area contributed by atoms with Crippen LogP contribution in [-0.4, -0.2) is 17.7 Å². The van der Waals surface area contributed by atoms with Gasteiger partial charge in [0.25, 0.3) is 17.7 Å². The van der Waals surface area contributed by atoms with Crippen LogP contribution < -0.4 is 10.2 Å². The summed E-state index contributed by atoms with van der Waals surface area (Å²) in [6.07, 6.45) is 0. The predicted molar refractivity (Wildman–Crippen MR) is 102 cm³/mol. The van der Waals surface area contributed by atoms with Gasteiger partial charge in [0.1, 0.15) is 5.82 Å². The lowest BCUT2D eigenvalue weighted by Gasteiger charge is -2.14. The Hall–Kier alpha value is -3.80. The summed E-state index contributed by atoms with van der Waals surface area (Å²) in [6.45, 7) is 0.263. The molecule has 0 bridgehead atoms. The van der Waals surface area contributed by atoms with Crippen LogP contribution in [0.1, 0.15) is 36.6 Å². The fraction of sp³-hybridized carbons (Fsp3) is 0.0455. The van der Waals surface area contributed by atoms with Crippen LogP contribution in [0.3, 0.4) is 0 Å². The van der Waals surface area contributed by atoms with E-state index in [2.05, 4.69) is 5.32 Å². The number of carbonyl (C=O) groups is 3. The number of fused-ring (bicyclic) bond motifs is 1. The van der Waals surface area contributed by atoms with E-state index in [1.165, 1.54) is 12.1 Å². The molecular weight excluding hydrogens is 359 g/mol. The van der Waals surface area contributed by atoms with Gasteiger partial charge in [-0.2, -0.15) is 0 Å². The zero-order valence-corrected chi connectivity index (χ0v) is 14.7. The average molecular weight is 374 g/mol. The number of hydrogen-bond acceptors (Lipinski definition) is 3. The first-order valence-corrected chi connectivity index (χ1v) is 8.65. The molecule has 0 saturated carbocycles. The van der Waals surface area contributed by atoms with Gasteiger partial charge < -0.3 is 5.32 Å². The molecule has 1 aliphatic rings. The molecule has 4 rings (SSSR count). The molecule has 5 nitrogen and oxygen atoms in total. The van der Waals surface area contributed by atoms with Crippen LogP contribution in [0, 0.1) is 5.82 Å². The van der Waals surface area contributed by atoms with Crippen molar-refractivity contribution in [2.45, 2.75) is 6.54 Å². The third kappa shape index (κ3) is 3.16. The molecule has 0 unspecified atom stereocenters. The van der Waals surface area contributed by atoms with Crippen LogP contribution >= 0.6 is 0 Å². The SMILES string of the molecule is O=C(NCc1ccc(F)cc1)c1ccc(N2C(=O)c3ccccc3C2=O)cc1. The minimum Gasteiger partial charge on any atom is -0.348 e. The number of nitrogens with zero attached hydrogens (tertiary/aromatic N) is 1. The van der Waals surface area contributed by atoms with Gasteiger partial charge in [-0.3, -0.25) is 14.4 Å². The van der Waals surface area contributed by atoms with Gasteiger partial charge in [-0.15, -0.1) is 0 Å². The van der Waals surface area contributed by atoms with Crippen molar-refractivity contribution in [3.8, 4) is 0 Å². The number of anilines is 1. The average Bonchev–Trinajstić information content (AvgIpc) is 2.98. The van der Waals surface area contributed by atoms with E-state index in [1.807, 2.05) is 0 Å². The Kier molecular flexibility index (Phi) is 4.45. The maximum atomic E-state index is 12.9. The lowest BCUT2D eigenvalue weighted by molar-refractivity contribution is 0.0923. The first kappa shape index (κ1) is 17.6. The topological polar surface area (TPSA) is 66.5 Å². The molecule has 1 N–H and O–H groups in total. The molecule has 0 saturated heterocycles. The number of hydrogen-bond donors (Lipinski definition) is 1. The summed E-state index contributed by atoms with van der Waals surface area (Å²) in [5.41, 5.74) is 2.31. The van der Waals surface area contributed by atoms with Crippen molar-refractivity contribution in [2.24, 2.45) is 0 Å². The highest BCUT2D eigenvalue weighted by Gasteiger charge is 2.36. The highest BCUT2D eigenvalue weighted by Crippen LogP contribution is 2.28. The van der Waals surface area contributed by atoms with E-state index in [0.29, 0.717) is 22.4 Å². The van der Waals surface area contributed by atoms with Gasteiger partial charge in [0.2, 0.25) is 0 Å². The van der Waals surface area contributed by atoms with Crippen LogP contribution in [0.2, 0.25) is 0 Å². The minimum absolute atomic E-state index is 0.263. The Bertz CT molecular complexity index is 1040. The molecule has 28 heavy (non-hydrogen) atoms. The highest BCUT2D eigenvalue weighted by molar-refractivity contribution is 6.34. The van der Waals surface area contributed by atoms with Crippen molar-refractivity contribution in [2.75, 3.05) is 4.90 Å². The van der Waals surface area contributed by atoms with E-state index in [9.17, 15) is 18.8 Å². The molecule has 3 aromatic carbocycles. The first-order chi connectivity index (χ1) is 13.5. The largest absolute Gasteiger partial charge is 0.348 e. The molecule has 6 heteroatoms. The van der Waals surface area contributed by atoms with Crippen LogP contribution in [0.15, 0.2) is 72.8 Å². The Morgan fingerprint density at radius 3 is 1.96 bits per heavy atom. The van der Waals surface area contributed by atoms with Crippen LogP contribution in [0.4, 0.5) is 10.1 Å². The molecule has 1 heterocycles. The number of benzene rings is 3. The third-order valence-corrected chi connectivity index (χ3v) is 4.55. The highest BCUT2D eigenvalue weighted by atomic mass is 19.1. The monoisotopic (exact) mass is 374 g/mol. The van der Waals surface area contributed by atoms with Gasteiger partial charge in [0.15, 0.2) is 0 Å². The van der Waals surface area contributed by atoms with Gasteiger partial charge in [-0.1, -0.05) is 24.3 Å². The van der Waals surface area contributed by atoms with Gasteiger partial charge in [0, 0.05) is 12.1 Å². The van der Waals surface area contributed by atoms with Gasteiger partial charge in [0.05, 0.1) is 16.8 Å². The van der Waals surface area contributed by atoms with E-state index in [4.69, 9.17) is 0 Å². The lowest BCUT2D eigenvalue weighted by Crippen LogP contribution is -2.29. The predicted octanol–water partition coefficient (Wildman–Crippen LogP) is 3.56. The van der Waals surface area contributed by atoms with Crippen LogP contribution in [-0.2, 0) is 6.54 Å². The number of imide groups is 1. The van der Waals surface area contributed by atoms with Gasteiger partial charge in [-0.25, -0.2) is 9.29 Å². The summed E-state index contributed by atoms with van der Waals surface area (Å²) in [5.74, 6) is -1.40. The van der Waals surface area contributed by atoms with E-state index in [-0.39, 0.29) is 30.1 Å². The molecule has 0 aliphatic carbocycles. The molecule has 3 aromatic rings. The second-order valence-electron chi connectivity index (χ2n) is 6.35. The summed E-state index contributed by atoms with van der Waals surface area (Å²) in [6, 6.07) is 18.8. The van der Waals surface area contributed by atoms with Crippen molar-refractivity contribution < 1.29 is 18.8 Å². The molecular formula is C22H15FN2O3. The smallest absolute Gasteiger partial charge is 0.266 e. The number of halogens is 1. The van der Waals surface area contributed by atoms with E-state index in [1.54, 1.807) is 60.7 Å². The molecule has 0 aromatic heterocycles. The molecule has 138 valence electrons. The molecule has 0 radical (unpaired) electrons. The summed E-state index contributed by atoms with van der Waals surface area (Å²) in [5, 5.41) is 2.75. The second-order valence-corrected chi connectivity index (χ2v) is 6.35. The zero-order valence-electron chi connectivity index (χ0n) is 14.7. The molecule has 0 fully saturated rings. The molecule has 1 aliphatic heterocycles. The Balaban J connectivity index is 1.47. The number of rotatable bonds is 4. The first-order valence-electron chi connectivity index (χ1n) is 8.65. The van der Waals surface area contributed by atoms with Crippen molar-refractivity contribution in [1.29, 1.82) is 0 Å². The summed E-state index contributed by atoms with van der Waals surface area (Å²) >= 11 is 0. The quantitative estimate of drug-likeness (QED) is 0.710. The Labute approximate surface area is 160 Å². The van der Waals surface area contributed by atoms with Crippen molar-refractivity contribution in [3.05, 3.63) is 101 Å². The van der Waals surface area contributed by atoms with Crippen molar-refractivity contribution >= 4 is 23.4 Å². The van der Waals surface area contributed by atoms with E-state index >= 15 is 0 Å². The molecule has 0 spiro atoms. The third-order valence-electron chi connectivity index (χ3n) is 4.55. The van der Waals surface area contributed by atoms with E-state index < -0.39 is 0 Å².